The molecule has 2 nitrogen and oxygen atoms in total. The van der Waals surface area contributed by atoms with E-state index in [1.807, 2.05) is 12.1 Å². The summed E-state index contributed by atoms with van der Waals surface area (Å²) in [6.07, 6.45) is 2.65. The van der Waals surface area contributed by atoms with E-state index in [1.165, 1.54) is 31.3 Å². The van der Waals surface area contributed by atoms with E-state index in [-0.39, 0.29) is 0 Å². The Morgan fingerprint density at radius 3 is 2.81 bits per heavy atom. The highest BCUT2D eigenvalue weighted by molar-refractivity contribution is 9.10. The number of nitrogens with zero attached hydrogens (tertiary/aromatic N) is 1. The summed E-state index contributed by atoms with van der Waals surface area (Å²) in [6.45, 7) is 3.37. The van der Waals surface area contributed by atoms with Crippen LogP contribution in [0.2, 0.25) is 0 Å². The lowest BCUT2D eigenvalue weighted by Crippen LogP contribution is -2.17. The van der Waals surface area contributed by atoms with Crippen molar-refractivity contribution < 1.29 is 4.42 Å². The monoisotopic (exact) mass is 279 g/mol. The fraction of sp³-hybridized carbons (Fsp3) is 0.385. The van der Waals surface area contributed by atoms with Crippen LogP contribution in [0.1, 0.15) is 18.6 Å². The third kappa shape index (κ3) is 2.02. The Kier molecular flexibility index (Phi) is 2.74. The van der Waals surface area contributed by atoms with Crippen LogP contribution in [0.4, 0.5) is 0 Å². The zero-order valence-electron chi connectivity index (χ0n) is 9.08. The Hall–Kier alpha value is -0.800. The third-order valence-corrected chi connectivity index (χ3v) is 3.60. The van der Waals surface area contributed by atoms with Crippen LogP contribution in [0.5, 0.6) is 0 Å². The van der Waals surface area contributed by atoms with Gasteiger partial charge in [-0.1, -0.05) is 15.9 Å². The summed E-state index contributed by atoms with van der Waals surface area (Å²) in [4.78, 5) is 2.45. The number of rotatable bonds is 2. The highest BCUT2D eigenvalue weighted by Crippen LogP contribution is 2.24. The van der Waals surface area contributed by atoms with E-state index in [4.69, 9.17) is 4.42 Å². The third-order valence-electron chi connectivity index (χ3n) is 3.11. The lowest BCUT2D eigenvalue weighted by molar-refractivity contribution is 0.302. The van der Waals surface area contributed by atoms with Gasteiger partial charge in [0, 0.05) is 9.86 Å². The molecular formula is C13H14BrNO. The minimum Gasteiger partial charge on any atom is -0.460 e. The smallest absolute Gasteiger partial charge is 0.134 e. The first kappa shape index (κ1) is 10.4. The molecule has 3 rings (SSSR count). The van der Waals surface area contributed by atoms with Gasteiger partial charge in [0.25, 0.3) is 0 Å². The van der Waals surface area contributed by atoms with Crippen molar-refractivity contribution in [2.45, 2.75) is 19.4 Å². The maximum Gasteiger partial charge on any atom is 0.134 e. The first-order chi connectivity index (χ1) is 7.81. The van der Waals surface area contributed by atoms with Gasteiger partial charge < -0.3 is 4.42 Å². The second-order valence-corrected chi connectivity index (χ2v) is 5.29. The summed E-state index contributed by atoms with van der Waals surface area (Å²) >= 11 is 3.48. The molecule has 16 heavy (non-hydrogen) atoms. The van der Waals surface area contributed by atoms with Crippen molar-refractivity contribution in [3.05, 3.63) is 34.5 Å². The fourth-order valence-electron chi connectivity index (χ4n) is 2.31. The summed E-state index contributed by atoms with van der Waals surface area (Å²) in [6, 6.07) is 8.29. The second kappa shape index (κ2) is 4.22. The second-order valence-electron chi connectivity index (χ2n) is 4.38. The molecule has 1 aliphatic heterocycles. The van der Waals surface area contributed by atoms with Crippen molar-refractivity contribution >= 4 is 26.9 Å². The molecule has 0 N–H and O–H groups in total. The van der Waals surface area contributed by atoms with E-state index >= 15 is 0 Å². The molecule has 0 spiro atoms. The van der Waals surface area contributed by atoms with Gasteiger partial charge in [-0.2, -0.15) is 0 Å². The lowest BCUT2D eigenvalue weighted by Gasteiger charge is -2.11. The zero-order valence-corrected chi connectivity index (χ0v) is 10.7. The minimum atomic E-state index is 0.951. The average Bonchev–Trinajstić information content (AvgIpc) is 2.86. The molecule has 2 heterocycles. The number of hydrogen-bond donors (Lipinski definition) is 0. The summed E-state index contributed by atoms with van der Waals surface area (Å²) in [5, 5.41) is 1.18. The van der Waals surface area contributed by atoms with Gasteiger partial charge in [-0.05, 0) is 50.2 Å². The Bertz CT molecular complexity index is 500. The number of likely N-dealkylation sites (tertiary alicyclic amines) is 1. The van der Waals surface area contributed by atoms with Crippen LogP contribution in [0.15, 0.2) is 33.2 Å². The lowest BCUT2D eigenvalue weighted by atomic mass is 10.2. The Balaban J connectivity index is 1.86. The number of furan rings is 1. The van der Waals surface area contributed by atoms with Crippen molar-refractivity contribution in [1.29, 1.82) is 0 Å². The normalized spacial score (nSPS) is 17.3. The quantitative estimate of drug-likeness (QED) is 0.832. The maximum atomic E-state index is 5.82. The first-order valence-corrected chi connectivity index (χ1v) is 6.51. The number of fused-ring (bicyclic) bond motifs is 1. The molecule has 0 unspecified atom stereocenters. The Morgan fingerprint density at radius 2 is 2.00 bits per heavy atom. The minimum absolute atomic E-state index is 0.951. The molecule has 1 aromatic carbocycles. The highest BCUT2D eigenvalue weighted by Gasteiger charge is 2.14. The SMILES string of the molecule is Brc1ccc2oc(CN3CCCC3)cc2c1. The summed E-state index contributed by atoms with van der Waals surface area (Å²) in [7, 11) is 0. The highest BCUT2D eigenvalue weighted by atomic mass is 79.9. The molecule has 0 saturated carbocycles. The number of benzene rings is 1. The Labute approximate surface area is 103 Å². The molecule has 1 aliphatic rings. The molecule has 0 aliphatic carbocycles. The number of halogens is 1. The maximum absolute atomic E-state index is 5.82. The molecule has 84 valence electrons. The van der Waals surface area contributed by atoms with Crippen molar-refractivity contribution in [2.75, 3.05) is 13.1 Å². The summed E-state index contributed by atoms with van der Waals surface area (Å²) in [5.74, 6) is 1.08. The van der Waals surface area contributed by atoms with Gasteiger partial charge in [-0.15, -0.1) is 0 Å². The van der Waals surface area contributed by atoms with Crippen LogP contribution in [0.25, 0.3) is 11.0 Å². The van der Waals surface area contributed by atoms with Gasteiger partial charge in [0.1, 0.15) is 11.3 Å². The molecule has 0 radical (unpaired) electrons. The van der Waals surface area contributed by atoms with Gasteiger partial charge in [-0.3, -0.25) is 4.90 Å². The van der Waals surface area contributed by atoms with Crippen molar-refractivity contribution in [2.24, 2.45) is 0 Å². The molecule has 1 aromatic heterocycles. The molecule has 0 amide bonds. The molecule has 0 atom stereocenters. The van der Waals surface area contributed by atoms with E-state index in [1.54, 1.807) is 0 Å². The zero-order chi connectivity index (χ0) is 11.0. The topological polar surface area (TPSA) is 16.4 Å². The number of hydrogen-bond acceptors (Lipinski definition) is 2. The van der Waals surface area contributed by atoms with Gasteiger partial charge >= 0.3 is 0 Å². The molecule has 0 bridgehead atoms. The van der Waals surface area contributed by atoms with E-state index in [2.05, 4.69) is 33.0 Å². The van der Waals surface area contributed by atoms with Crippen LogP contribution >= 0.6 is 15.9 Å². The predicted molar refractivity (Wildman–Crippen MR) is 68.4 cm³/mol. The standard InChI is InChI=1S/C13H14BrNO/c14-11-3-4-13-10(7-11)8-12(16-13)9-15-5-1-2-6-15/h3-4,7-8H,1-2,5-6,9H2. The fourth-order valence-corrected chi connectivity index (χ4v) is 2.69. The van der Waals surface area contributed by atoms with Crippen molar-refractivity contribution in [3.8, 4) is 0 Å². The van der Waals surface area contributed by atoms with E-state index in [0.717, 1.165) is 22.4 Å². The Morgan fingerprint density at radius 1 is 1.19 bits per heavy atom. The summed E-state index contributed by atoms with van der Waals surface area (Å²) in [5.41, 5.74) is 0.984. The van der Waals surface area contributed by atoms with Gasteiger partial charge in [0.05, 0.1) is 6.54 Å². The van der Waals surface area contributed by atoms with Crippen LogP contribution < -0.4 is 0 Å². The van der Waals surface area contributed by atoms with Crippen LogP contribution in [0.3, 0.4) is 0 Å². The van der Waals surface area contributed by atoms with Gasteiger partial charge in [0.15, 0.2) is 0 Å². The van der Waals surface area contributed by atoms with Gasteiger partial charge in [0.2, 0.25) is 0 Å². The van der Waals surface area contributed by atoms with Crippen molar-refractivity contribution in [3.63, 3.8) is 0 Å². The average molecular weight is 280 g/mol. The molecule has 3 heteroatoms. The van der Waals surface area contributed by atoms with E-state index in [0.29, 0.717) is 0 Å². The molecule has 1 fully saturated rings. The van der Waals surface area contributed by atoms with Crippen LogP contribution in [-0.4, -0.2) is 18.0 Å². The largest absolute Gasteiger partial charge is 0.460 e. The van der Waals surface area contributed by atoms with Crippen LogP contribution in [-0.2, 0) is 6.54 Å². The first-order valence-electron chi connectivity index (χ1n) is 5.71. The molecular weight excluding hydrogens is 266 g/mol. The molecule has 2 aromatic rings. The van der Waals surface area contributed by atoms with Gasteiger partial charge in [-0.25, -0.2) is 0 Å². The predicted octanol–water partition coefficient (Wildman–Crippen LogP) is 3.79. The van der Waals surface area contributed by atoms with E-state index in [9.17, 15) is 0 Å². The van der Waals surface area contributed by atoms with Crippen LogP contribution in [0, 0.1) is 0 Å². The molecule has 1 saturated heterocycles. The van der Waals surface area contributed by atoms with E-state index < -0.39 is 0 Å². The van der Waals surface area contributed by atoms with Crippen molar-refractivity contribution in [1.82, 2.24) is 4.90 Å². The summed E-state index contributed by atoms with van der Waals surface area (Å²) < 4.78 is 6.93.